The molecule has 0 bridgehead atoms. The first-order chi connectivity index (χ1) is 6.24. The van der Waals surface area contributed by atoms with Gasteiger partial charge >= 0.3 is 0 Å². The Balaban J connectivity index is 2.17. The zero-order chi connectivity index (χ0) is 9.68. The fraction of sp³-hybridized carbons (Fsp3) is 0.875. The van der Waals surface area contributed by atoms with Crippen LogP contribution < -0.4 is 5.73 Å². The Hall–Kier alpha value is -0.810. The summed E-state index contributed by atoms with van der Waals surface area (Å²) >= 11 is 0. The molecule has 2 unspecified atom stereocenters. The monoisotopic (exact) mass is 188 g/mol. The molecule has 1 saturated heterocycles. The molecule has 5 heteroatoms. The zero-order valence-corrected chi connectivity index (χ0v) is 7.77. The molecule has 0 spiro atoms. The van der Waals surface area contributed by atoms with Crippen LogP contribution in [-0.4, -0.2) is 37.0 Å². The standard InChI is InChI=1S/C8H16N2O3/c1-6(8(9)10-11)13-5-7-2-3-12-4-7/h6-7,11H,2-5H2,1H3,(H2,9,10). The largest absolute Gasteiger partial charge is 0.409 e. The van der Waals surface area contributed by atoms with Crippen LogP contribution in [0, 0.1) is 5.92 Å². The lowest BCUT2D eigenvalue weighted by molar-refractivity contribution is 0.0689. The highest BCUT2D eigenvalue weighted by atomic mass is 16.5. The molecule has 1 heterocycles. The molecule has 0 aromatic heterocycles. The van der Waals surface area contributed by atoms with Crippen molar-refractivity contribution in [3.63, 3.8) is 0 Å². The molecular weight excluding hydrogens is 172 g/mol. The molecule has 1 rings (SSSR count). The molecule has 0 aromatic rings. The third-order valence-electron chi connectivity index (χ3n) is 2.14. The van der Waals surface area contributed by atoms with E-state index in [9.17, 15) is 0 Å². The maximum Gasteiger partial charge on any atom is 0.168 e. The van der Waals surface area contributed by atoms with Crippen molar-refractivity contribution in [2.24, 2.45) is 16.8 Å². The summed E-state index contributed by atoms with van der Waals surface area (Å²) in [6.45, 7) is 3.93. The number of oxime groups is 1. The van der Waals surface area contributed by atoms with Gasteiger partial charge in [0.25, 0.3) is 0 Å². The topological polar surface area (TPSA) is 77.1 Å². The van der Waals surface area contributed by atoms with Crippen molar-refractivity contribution in [2.75, 3.05) is 19.8 Å². The van der Waals surface area contributed by atoms with Gasteiger partial charge in [-0.15, -0.1) is 0 Å². The van der Waals surface area contributed by atoms with E-state index in [1.165, 1.54) is 0 Å². The minimum Gasteiger partial charge on any atom is -0.409 e. The first-order valence-electron chi connectivity index (χ1n) is 4.40. The average Bonchev–Trinajstić information content (AvgIpc) is 2.65. The van der Waals surface area contributed by atoms with Crippen molar-refractivity contribution in [1.82, 2.24) is 0 Å². The Bertz CT molecular complexity index is 178. The molecule has 0 radical (unpaired) electrons. The van der Waals surface area contributed by atoms with Gasteiger partial charge in [0.1, 0.15) is 6.10 Å². The van der Waals surface area contributed by atoms with Crippen molar-refractivity contribution < 1.29 is 14.7 Å². The van der Waals surface area contributed by atoms with Gasteiger partial charge in [0, 0.05) is 12.5 Å². The van der Waals surface area contributed by atoms with Crippen molar-refractivity contribution in [1.29, 1.82) is 0 Å². The van der Waals surface area contributed by atoms with Crippen molar-refractivity contribution >= 4 is 5.84 Å². The SMILES string of the molecule is CC(OCC1CCOC1)C(N)=NO. The van der Waals surface area contributed by atoms with E-state index < -0.39 is 0 Å². The fourth-order valence-electron chi connectivity index (χ4n) is 1.16. The van der Waals surface area contributed by atoms with Gasteiger partial charge in [-0.3, -0.25) is 0 Å². The second kappa shape index (κ2) is 5.04. The number of ether oxygens (including phenoxy) is 2. The lowest BCUT2D eigenvalue weighted by Gasteiger charge is -2.13. The number of nitrogens with two attached hydrogens (primary N) is 1. The van der Waals surface area contributed by atoms with E-state index in [-0.39, 0.29) is 11.9 Å². The minimum absolute atomic E-state index is 0.110. The van der Waals surface area contributed by atoms with Gasteiger partial charge in [-0.25, -0.2) is 0 Å². The zero-order valence-electron chi connectivity index (χ0n) is 7.77. The van der Waals surface area contributed by atoms with E-state index in [4.69, 9.17) is 20.4 Å². The maximum atomic E-state index is 8.36. The van der Waals surface area contributed by atoms with Gasteiger partial charge in [0.2, 0.25) is 0 Å². The molecule has 1 aliphatic heterocycles. The molecular formula is C8H16N2O3. The van der Waals surface area contributed by atoms with E-state index in [1.807, 2.05) is 0 Å². The third-order valence-corrected chi connectivity index (χ3v) is 2.14. The van der Waals surface area contributed by atoms with Crippen LogP contribution in [0.2, 0.25) is 0 Å². The van der Waals surface area contributed by atoms with Gasteiger partial charge in [-0.1, -0.05) is 5.16 Å². The first kappa shape index (κ1) is 10.3. The molecule has 0 amide bonds. The van der Waals surface area contributed by atoms with Crippen LogP contribution in [0.15, 0.2) is 5.16 Å². The van der Waals surface area contributed by atoms with Gasteiger partial charge in [0.15, 0.2) is 5.84 Å². The highest BCUT2D eigenvalue weighted by Crippen LogP contribution is 2.13. The Kier molecular flexibility index (Phi) is 3.98. The summed E-state index contributed by atoms with van der Waals surface area (Å²) in [5.74, 6) is 0.563. The summed E-state index contributed by atoms with van der Waals surface area (Å²) in [5, 5.41) is 11.2. The van der Waals surface area contributed by atoms with E-state index in [0.29, 0.717) is 12.5 Å². The van der Waals surface area contributed by atoms with E-state index in [2.05, 4.69) is 5.16 Å². The minimum atomic E-state index is -0.328. The van der Waals surface area contributed by atoms with Crippen LogP contribution in [0.25, 0.3) is 0 Å². The Morgan fingerprint density at radius 2 is 2.62 bits per heavy atom. The van der Waals surface area contributed by atoms with E-state index >= 15 is 0 Å². The molecule has 0 saturated carbocycles. The smallest absolute Gasteiger partial charge is 0.168 e. The van der Waals surface area contributed by atoms with E-state index in [0.717, 1.165) is 19.6 Å². The Labute approximate surface area is 77.5 Å². The highest BCUT2D eigenvalue weighted by Gasteiger charge is 2.17. The second-order valence-corrected chi connectivity index (χ2v) is 3.23. The van der Waals surface area contributed by atoms with Gasteiger partial charge in [0.05, 0.1) is 13.2 Å². The maximum absolute atomic E-state index is 8.36. The van der Waals surface area contributed by atoms with E-state index in [1.54, 1.807) is 6.92 Å². The fourth-order valence-corrected chi connectivity index (χ4v) is 1.16. The quantitative estimate of drug-likeness (QED) is 0.285. The van der Waals surface area contributed by atoms with Gasteiger partial charge in [-0.2, -0.15) is 0 Å². The normalized spacial score (nSPS) is 26.2. The van der Waals surface area contributed by atoms with Crippen LogP contribution in [0.4, 0.5) is 0 Å². The first-order valence-corrected chi connectivity index (χ1v) is 4.40. The van der Waals surface area contributed by atoms with Crippen LogP contribution >= 0.6 is 0 Å². The van der Waals surface area contributed by atoms with Crippen molar-refractivity contribution in [3.05, 3.63) is 0 Å². The van der Waals surface area contributed by atoms with Crippen molar-refractivity contribution in [3.8, 4) is 0 Å². The number of rotatable bonds is 4. The summed E-state index contributed by atoms with van der Waals surface area (Å²) < 4.78 is 10.6. The summed E-state index contributed by atoms with van der Waals surface area (Å²) in [6.07, 6.45) is 0.702. The van der Waals surface area contributed by atoms with Gasteiger partial charge in [-0.05, 0) is 13.3 Å². The summed E-state index contributed by atoms with van der Waals surface area (Å²) in [6, 6.07) is 0. The predicted octanol–water partition coefficient (Wildman–Crippen LogP) is 0.174. The van der Waals surface area contributed by atoms with Gasteiger partial charge < -0.3 is 20.4 Å². The highest BCUT2D eigenvalue weighted by molar-refractivity contribution is 5.83. The molecule has 13 heavy (non-hydrogen) atoms. The summed E-state index contributed by atoms with van der Waals surface area (Å²) in [7, 11) is 0. The molecule has 2 atom stereocenters. The molecule has 5 nitrogen and oxygen atoms in total. The molecule has 0 aromatic carbocycles. The Morgan fingerprint density at radius 3 is 3.15 bits per heavy atom. The number of nitrogens with zero attached hydrogens (tertiary/aromatic N) is 1. The Morgan fingerprint density at radius 1 is 1.85 bits per heavy atom. The lowest BCUT2D eigenvalue weighted by Crippen LogP contribution is -2.30. The van der Waals surface area contributed by atoms with Crippen LogP contribution in [0.3, 0.4) is 0 Å². The van der Waals surface area contributed by atoms with Crippen LogP contribution in [0.5, 0.6) is 0 Å². The molecule has 3 N–H and O–H groups in total. The number of hydrogen-bond donors (Lipinski definition) is 2. The number of hydrogen-bond acceptors (Lipinski definition) is 4. The predicted molar refractivity (Wildman–Crippen MR) is 47.7 cm³/mol. The summed E-state index contributed by atoms with van der Waals surface area (Å²) in [4.78, 5) is 0. The molecule has 1 aliphatic rings. The van der Waals surface area contributed by atoms with Crippen molar-refractivity contribution in [2.45, 2.75) is 19.4 Å². The summed E-state index contributed by atoms with van der Waals surface area (Å²) in [5.41, 5.74) is 5.34. The van der Waals surface area contributed by atoms with Crippen LogP contribution in [0.1, 0.15) is 13.3 Å². The molecule has 0 aliphatic carbocycles. The lowest BCUT2D eigenvalue weighted by atomic mass is 10.1. The molecule has 76 valence electrons. The second-order valence-electron chi connectivity index (χ2n) is 3.23. The third kappa shape index (κ3) is 3.20. The molecule has 1 fully saturated rings. The number of amidine groups is 1. The average molecular weight is 188 g/mol. The van der Waals surface area contributed by atoms with Crippen LogP contribution in [-0.2, 0) is 9.47 Å².